The summed E-state index contributed by atoms with van der Waals surface area (Å²) < 4.78 is 55.3. The first kappa shape index (κ1) is 22.6. The number of rotatable bonds is 4. The van der Waals surface area contributed by atoms with E-state index in [1.54, 1.807) is 0 Å². The van der Waals surface area contributed by atoms with Gasteiger partial charge in [0.15, 0.2) is 5.13 Å². The van der Waals surface area contributed by atoms with Crippen LogP contribution in [0, 0.1) is 12.7 Å². The Balaban J connectivity index is 1.64. The molecule has 2 heterocycles. The molecule has 3 N–H and O–H groups in total. The summed E-state index contributed by atoms with van der Waals surface area (Å²) in [7, 11) is 0. The number of benzene rings is 2. The largest absolute Gasteiger partial charge is 0.427 e. The number of aryl methyl sites for hydroxylation is 1. The third kappa shape index (κ3) is 4.47. The first-order valence-corrected chi connectivity index (χ1v) is 10.2. The molecule has 0 radical (unpaired) electrons. The molecular formula is C21H15F4N5O2S. The Labute approximate surface area is 188 Å². The summed E-state index contributed by atoms with van der Waals surface area (Å²) in [5, 5.41) is 22.9. The van der Waals surface area contributed by atoms with E-state index in [1.807, 2.05) is 0 Å². The van der Waals surface area contributed by atoms with E-state index in [1.165, 1.54) is 43.5 Å². The second-order valence-corrected chi connectivity index (χ2v) is 8.14. The molecule has 4 rings (SSSR count). The van der Waals surface area contributed by atoms with Gasteiger partial charge in [0.1, 0.15) is 11.5 Å². The Kier molecular flexibility index (Phi) is 5.72. The normalized spacial score (nSPS) is 13.5. The van der Waals surface area contributed by atoms with Crippen LogP contribution in [0.1, 0.15) is 16.8 Å². The Bertz CT molecular complexity index is 1330. The van der Waals surface area contributed by atoms with E-state index in [0.717, 1.165) is 29.5 Å². The van der Waals surface area contributed by atoms with E-state index in [0.29, 0.717) is 21.5 Å². The monoisotopic (exact) mass is 477 g/mol. The molecule has 0 spiro atoms. The molecule has 2 aromatic carbocycles. The van der Waals surface area contributed by atoms with Crippen molar-refractivity contribution in [2.24, 2.45) is 0 Å². The van der Waals surface area contributed by atoms with E-state index in [-0.39, 0.29) is 5.13 Å². The number of nitrogens with one attached hydrogen (secondary N) is 2. The molecule has 12 heteroatoms. The van der Waals surface area contributed by atoms with Gasteiger partial charge in [-0.3, -0.25) is 5.32 Å². The smallest absolute Gasteiger partial charge is 0.371 e. The molecule has 1 atom stereocenters. The zero-order valence-electron chi connectivity index (χ0n) is 16.8. The molecular weight excluding hydrogens is 462 g/mol. The molecule has 0 aliphatic rings. The number of carbonyl (C=O) groups excluding carboxylic acids is 1. The summed E-state index contributed by atoms with van der Waals surface area (Å²) in [6.07, 6.45) is -3.80. The van der Waals surface area contributed by atoms with Crippen LogP contribution in [0.3, 0.4) is 0 Å². The molecule has 0 bridgehead atoms. The van der Waals surface area contributed by atoms with Gasteiger partial charge < -0.3 is 10.4 Å². The highest BCUT2D eigenvalue weighted by Gasteiger charge is 2.58. The SMILES string of the molecule is Cc1cnnc([C@](O)(c2ccc3nc(NC(=O)Nc4ccc(F)cc4)sc3c2)C(F)(F)F)c1. The molecule has 4 aromatic rings. The topological polar surface area (TPSA) is 100 Å². The number of fused-ring (bicyclic) bond motifs is 1. The predicted molar refractivity (Wildman–Crippen MR) is 114 cm³/mol. The maximum Gasteiger partial charge on any atom is 0.427 e. The quantitative estimate of drug-likeness (QED) is 0.360. The molecule has 0 aliphatic carbocycles. The predicted octanol–water partition coefficient (Wildman–Crippen LogP) is 4.98. The van der Waals surface area contributed by atoms with Crippen LogP contribution < -0.4 is 10.6 Å². The van der Waals surface area contributed by atoms with Gasteiger partial charge >= 0.3 is 12.2 Å². The van der Waals surface area contributed by atoms with Gasteiger partial charge in [-0.25, -0.2) is 14.2 Å². The number of urea groups is 1. The number of hydrogen-bond acceptors (Lipinski definition) is 6. The molecule has 170 valence electrons. The van der Waals surface area contributed by atoms with Gasteiger partial charge in [-0.1, -0.05) is 17.4 Å². The van der Waals surface area contributed by atoms with Crippen molar-refractivity contribution in [1.29, 1.82) is 0 Å². The zero-order valence-corrected chi connectivity index (χ0v) is 17.6. The van der Waals surface area contributed by atoms with Crippen molar-refractivity contribution in [2.75, 3.05) is 10.6 Å². The zero-order chi connectivity index (χ0) is 23.8. The highest BCUT2D eigenvalue weighted by Crippen LogP contribution is 2.44. The van der Waals surface area contributed by atoms with E-state index in [4.69, 9.17) is 0 Å². The van der Waals surface area contributed by atoms with E-state index in [2.05, 4.69) is 25.8 Å². The number of anilines is 2. The summed E-state index contributed by atoms with van der Waals surface area (Å²) >= 11 is 0.920. The number of amides is 2. The van der Waals surface area contributed by atoms with E-state index < -0.39 is 34.9 Å². The van der Waals surface area contributed by atoms with Crippen molar-refractivity contribution in [3.63, 3.8) is 0 Å². The third-order valence-corrected chi connectivity index (χ3v) is 5.63. The highest BCUT2D eigenvalue weighted by molar-refractivity contribution is 7.22. The fourth-order valence-corrected chi connectivity index (χ4v) is 3.99. The lowest BCUT2D eigenvalue weighted by molar-refractivity contribution is -0.250. The van der Waals surface area contributed by atoms with Crippen molar-refractivity contribution in [2.45, 2.75) is 18.7 Å². The Morgan fingerprint density at radius 2 is 1.79 bits per heavy atom. The van der Waals surface area contributed by atoms with Gasteiger partial charge in [0.05, 0.1) is 16.4 Å². The maximum atomic E-state index is 14.0. The minimum Gasteiger partial charge on any atom is -0.371 e. The van der Waals surface area contributed by atoms with Crippen molar-refractivity contribution in [3.05, 3.63) is 77.4 Å². The Morgan fingerprint density at radius 3 is 2.45 bits per heavy atom. The number of aliphatic hydroxyl groups is 1. The van der Waals surface area contributed by atoms with Gasteiger partial charge in [0.2, 0.25) is 5.60 Å². The molecule has 33 heavy (non-hydrogen) atoms. The van der Waals surface area contributed by atoms with Gasteiger partial charge in [-0.05, 0) is 55.0 Å². The average molecular weight is 477 g/mol. The van der Waals surface area contributed by atoms with Crippen LogP contribution in [0.5, 0.6) is 0 Å². The number of aromatic nitrogens is 3. The first-order chi connectivity index (χ1) is 15.6. The lowest BCUT2D eigenvalue weighted by Gasteiger charge is -2.30. The molecule has 0 fully saturated rings. The van der Waals surface area contributed by atoms with Crippen LogP contribution in [0.15, 0.2) is 54.7 Å². The molecule has 0 unspecified atom stereocenters. The van der Waals surface area contributed by atoms with Crippen molar-refractivity contribution < 1.29 is 27.5 Å². The standard InChI is InChI=1S/C21H15F4N5O2S/c1-11-8-17(30-26-10-11)20(32,21(23,24)25)12-2-7-15-16(9-12)33-19(28-15)29-18(31)27-14-5-3-13(22)4-6-14/h2-10,32H,1H3,(H2,27,28,29,31)/t20-/m1/s1. The summed E-state index contributed by atoms with van der Waals surface area (Å²) in [5.41, 5.74) is -3.45. The molecule has 0 saturated carbocycles. The molecule has 7 nitrogen and oxygen atoms in total. The summed E-state index contributed by atoms with van der Waals surface area (Å²) in [6.45, 7) is 1.54. The lowest BCUT2D eigenvalue weighted by atomic mass is 9.89. The minimum absolute atomic E-state index is 0.118. The van der Waals surface area contributed by atoms with E-state index >= 15 is 0 Å². The second-order valence-electron chi connectivity index (χ2n) is 7.11. The van der Waals surface area contributed by atoms with Crippen LogP contribution in [-0.2, 0) is 5.60 Å². The second kappa shape index (κ2) is 8.37. The number of hydrogen-bond donors (Lipinski definition) is 3. The van der Waals surface area contributed by atoms with Gasteiger partial charge in [-0.15, -0.1) is 0 Å². The van der Waals surface area contributed by atoms with Crippen molar-refractivity contribution in [3.8, 4) is 0 Å². The fraction of sp³-hybridized carbons (Fsp3) is 0.143. The molecule has 2 aromatic heterocycles. The third-order valence-electron chi connectivity index (χ3n) is 4.70. The van der Waals surface area contributed by atoms with Crippen LogP contribution in [-0.4, -0.2) is 32.5 Å². The number of thiazole rings is 1. The Morgan fingerprint density at radius 1 is 1.06 bits per heavy atom. The summed E-state index contributed by atoms with van der Waals surface area (Å²) in [4.78, 5) is 16.3. The van der Waals surface area contributed by atoms with Crippen LogP contribution in [0.25, 0.3) is 10.2 Å². The van der Waals surface area contributed by atoms with Crippen LogP contribution >= 0.6 is 11.3 Å². The lowest BCUT2D eigenvalue weighted by Crippen LogP contribution is -2.44. The first-order valence-electron chi connectivity index (χ1n) is 9.40. The minimum atomic E-state index is -5.08. The van der Waals surface area contributed by atoms with Crippen LogP contribution in [0.2, 0.25) is 0 Å². The summed E-state index contributed by atoms with van der Waals surface area (Å²) in [6, 6.07) is 9.09. The number of halogens is 4. The summed E-state index contributed by atoms with van der Waals surface area (Å²) in [5.74, 6) is -0.460. The Hall–Kier alpha value is -3.64. The van der Waals surface area contributed by atoms with Gasteiger partial charge in [0, 0.05) is 11.3 Å². The number of carbonyl (C=O) groups is 1. The average Bonchev–Trinajstić information content (AvgIpc) is 3.15. The highest BCUT2D eigenvalue weighted by atomic mass is 32.1. The van der Waals surface area contributed by atoms with Crippen LogP contribution in [0.4, 0.5) is 33.2 Å². The van der Waals surface area contributed by atoms with Crippen molar-refractivity contribution in [1.82, 2.24) is 15.2 Å². The molecule has 0 aliphatic heterocycles. The van der Waals surface area contributed by atoms with E-state index in [9.17, 15) is 27.5 Å². The van der Waals surface area contributed by atoms with Gasteiger partial charge in [0.25, 0.3) is 0 Å². The maximum absolute atomic E-state index is 14.0. The molecule has 0 saturated heterocycles. The molecule has 2 amide bonds. The van der Waals surface area contributed by atoms with Gasteiger partial charge in [-0.2, -0.15) is 23.4 Å². The fourth-order valence-electron chi connectivity index (χ4n) is 3.09. The van der Waals surface area contributed by atoms with Crippen molar-refractivity contribution >= 4 is 38.4 Å². The number of alkyl halides is 3. The number of nitrogens with zero attached hydrogens (tertiary/aromatic N) is 3.